The van der Waals surface area contributed by atoms with Gasteiger partial charge in [0.25, 0.3) is 0 Å². The smallest absolute Gasteiger partial charge is 0.422 e. The van der Waals surface area contributed by atoms with Crippen molar-refractivity contribution < 1.29 is 32.3 Å². The molecule has 0 radical (unpaired) electrons. The van der Waals surface area contributed by atoms with E-state index in [2.05, 4.69) is 11.9 Å². The van der Waals surface area contributed by atoms with Gasteiger partial charge in [-0.2, -0.15) is 0 Å². The maximum absolute atomic E-state index is 11.9. The molecule has 0 aromatic carbocycles. The summed E-state index contributed by atoms with van der Waals surface area (Å²) in [6.45, 7) is 8.20. The van der Waals surface area contributed by atoms with Crippen molar-refractivity contribution in [2.45, 2.75) is 39.1 Å². The molecule has 0 rings (SSSR count). The Kier molecular flexibility index (Phi) is 8.95. The highest BCUT2D eigenvalue weighted by molar-refractivity contribution is 6.62. The Labute approximate surface area is 132 Å². The summed E-state index contributed by atoms with van der Waals surface area (Å²) in [5.41, 5.74) is -0.282. The molecule has 0 bridgehead atoms. The first-order valence-electron chi connectivity index (χ1n) is 6.75. The second-order valence-electron chi connectivity index (χ2n) is 4.48. The molecule has 0 saturated heterocycles. The third-order valence-electron chi connectivity index (χ3n) is 2.88. The van der Waals surface area contributed by atoms with Crippen molar-refractivity contribution in [3.05, 3.63) is 12.2 Å². The second-order valence-corrected chi connectivity index (χ2v) is 7.61. The molecule has 2 unspecified atom stereocenters. The van der Waals surface area contributed by atoms with Crippen LogP contribution >= 0.6 is 0 Å². The van der Waals surface area contributed by atoms with Crippen LogP contribution in [0.25, 0.3) is 0 Å². The molecule has 0 aromatic rings. The summed E-state index contributed by atoms with van der Waals surface area (Å²) in [5.74, 6) is -0.637. The lowest BCUT2D eigenvalue weighted by molar-refractivity contribution is -0.159. The molecule has 128 valence electrons. The van der Waals surface area contributed by atoms with Crippen molar-refractivity contribution >= 4 is 20.9 Å². The molecule has 0 saturated carbocycles. The SMILES string of the molecule is C=C(C)C(=O)OC(C)OC(=O)NC(CC)[Si](OC)(OC)OC. The highest BCUT2D eigenvalue weighted by atomic mass is 28.4. The van der Waals surface area contributed by atoms with Crippen molar-refractivity contribution in [3.8, 4) is 0 Å². The zero-order valence-corrected chi connectivity index (χ0v) is 14.9. The maximum Gasteiger partial charge on any atom is 0.523 e. The number of carbonyl (C=O) groups is 2. The van der Waals surface area contributed by atoms with Gasteiger partial charge in [0.05, 0.1) is 0 Å². The van der Waals surface area contributed by atoms with E-state index in [9.17, 15) is 9.59 Å². The van der Waals surface area contributed by atoms with E-state index in [0.29, 0.717) is 6.42 Å². The molecule has 0 aromatic heterocycles. The van der Waals surface area contributed by atoms with E-state index in [4.69, 9.17) is 22.8 Å². The molecule has 0 aliphatic carbocycles. The normalized spacial score (nSPS) is 13.9. The Morgan fingerprint density at radius 1 is 1.14 bits per heavy atom. The predicted octanol–water partition coefficient (Wildman–Crippen LogP) is 1.37. The molecule has 0 fully saturated rings. The Morgan fingerprint density at radius 3 is 2.00 bits per heavy atom. The van der Waals surface area contributed by atoms with Crippen LogP contribution in [0, 0.1) is 0 Å². The van der Waals surface area contributed by atoms with E-state index in [0.717, 1.165) is 0 Å². The Morgan fingerprint density at radius 2 is 1.64 bits per heavy atom. The lowest BCUT2D eigenvalue weighted by atomic mass is 10.4. The minimum Gasteiger partial charge on any atom is -0.422 e. The molecule has 0 spiro atoms. The zero-order valence-electron chi connectivity index (χ0n) is 13.9. The number of hydrogen-bond donors (Lipinski definition) is 1. The summed E-state index contributed by atoms with van der Waals surface area (Å²) in [4.78, 5) is 23.2. The molecule has 0 aliphatic rings. The van der Waals surface area contributed by atoms with Gasteiger partial charge in [0.2, 0.25) is 6.29 Å². The lowest BCUT2D eigenvalue weighted by Gasteiger charge is -2.32. The van der Waals surface area contributed by atoms with Crippen molar-refractivity contribution in [1.29, 1.82) is 0 Å². The fourth-order valence-corrected chi connectivity index (χ4v) is 3.87. The minimum atomic E-state index is -3.04. The van der Waals surface area contributed by atoms with E-state index in [-0.39, 0.29) is 5.57 Å². The zero-order chi connectivity index (χ0) is 17.3. The van der Waals surface area contributed by atoms with Gasteiger partial charge in [0.15, 0.2) is 0 Å². The predicted molar refractivity (Wildman–Crippen MR) is 80.8 cm³/mol. The van der Waals surface area contributed by atoms with Crippen LogP contribution in [0.5, 0.6) is 0 Å². The minimum absolute atomic E-state index is 0.215. The molecular formula is C13H25NO7Si. The Hall–Kier alpha value is -1.42. The van der Waals surface area contributed by atoms with Gasteiger partial charge >= 0.3 is 20.9 Å². The molecule has 0 aliphatic heterocycles. The van der Waals surface area contributed by atoms with Crippen LogP contribution in [-0.4, -0.2) is 54.2 Å². The topological polar surface area (TPSA) is 92.3 Å². The number of esters is 1. The average Bonchev–Trinajstić information content (AvgIpc) is 2.47. The number of amides is 1. The van der Waals surface area contributed by atoms with Gasteiger partial charge in [0, 0.05) is 33.8 Å². The van der Waals surface area contributed by atoms with Gasteiger partial charge < -0.3 is 28.1 Å². The van der Waals surface area contributed by atoms with Gasteiger partial charge in [-0.25, -0.2) is 9.59 Å². The van der Waals surface area contributed by atoms with Crippen molar-refractivity contribution in [2.24, 2.45) is 0 Å². The quantitative estimate of drug-likeness (QED) is 0.294. The summed E-state index contributed by atoms with van der Waals surface area (Å²) < 4.78 is 25.8. The first-order valence-corrected chi connectivity index (χ1v) is 8.55. The molecule has 1 amide bonds. The van der Waals surface area contributed by atoms with Crippen LogP contribution in [-0.2, 0) is 27.5 Å². The van der Waals surface area contributed by atoms with Crippen LogP contribution < -0.4 is 5.32 Å². The van der Waals surface area contributed by atoms with Gasteiger partial charge in [0.1, 0.15) is 5.67 Å². The summed E-state index contributed by atoms with van der Waals surface area (Å²) in [6.07, 6.45) is -1.31. The van der Waals surface area contributed by atoms with Gasteiger partial charge in [-0.3, -0.25) is 0 Å². The summed E-state index contributed by atoms with van der Waals surface area (Å²) in [5, 5.41) is 2.61. The van der Waals surface area contributed by atoms with Crippen LogP contribution in [0.4, 0.5) is 4.79 Å². The summed E-state index contributed by atoms with van der Waals surface area (Å²) in [7, 11) is 1.31. The fourth-order valence-electron chi connectivity index (χ4n) is 1.72. The number of carbonyl (C=O) groups excluding carboxylic acids is 2. The number of rotatable bonds is 9. The molecule has 0 heterocycles. The highest BCUT2D eigenvalue weighted by Gasteiger charge is 2.47. The standard InChI is InChI=1S/C13H25NO7Si/c1-8-11(22(17-5,18-6)19-7)14-13(16)21-10(4)20-12(15)9(2)3/h10-11H,2,8H2,1,3-7H3,(H,14,16). The largest absolute Gasteiger partial charge is 0.523 e. The summed E-state index contributed by atoms with van der Waals surface area (Å²) >= 11 is 0. The second kappa shape index (κ2) is 9.56. The van der Waals surface area contributed by atoms with Gasteiger partial charge in [-0.15, -0.1) is 0 Å². The van der Waals surface area contributed by atoms with Crippen LogP contribution in [0.15, 0.2) is 12.2 Å². The number of nitrogens with one attached hydrogen (secondary N) is 1. The van der Waals surface area contributed by atoms with Crippen LogP contribution in [0.1, 0.15) is 27.2 Å². The highest BCUT2D eigenvalue weighted by Crippen LogP contribution is 2.15. The third kappa shape index (κ3) is 5.76. The first kappa shape index (κ1) is 20.6. The number of alkyl carbamates (subject to hydrolysis) is 1. The van der Waals surface area contributed by atoms with Crippen molar-refractivity contribution in [3.63, 3.8) is 0 Å². The molecule has 2 atom stereocenters. The molecule has 8 nitrogen and oxygen atoms in total. The van der Waals surface area contributed by atoms with Crippen LogP contribution in [0.3, 0.4) is 0 Å². The Bertz CT molecular complexity index is 390. The average molecular weight is 335 g/mol. The van der Waals surface area contributed by atoms with E-state index in [1.807, 2.05) is 6.92 Å². The van der Waals surface area contributed by atoms with E-state index >= 15 is 0 Å². The van der Waals surface area contributed by atoms with E-state index < -0.39 is 32.8 Å². The molecule has 22 heavy (non-hydrogen) atoms. The molecule has 1 N–H and O–H groups in total. The lowest BCUT2D eigenvalue weighted by Crippen LogP contribution is -2.61. The Balaban J connectivity index is 4.67. The monoisotopic (exact) mass is 335 g/mol. The van der Waals surface area contributed by atoms with Crippen LogP contribution in [0.2, 0.25) is 0 Å². The number of ether oxygens (including phenoxy) is 2. The first-order chi connectivity index (χ1) is 10.3. The van der Waals surface area contributed by atoms with Gasteiger partial charge in [-0.05, 0) is 13.3 Å². The number of hydrogen-bond acceptors (Lipinski definition) is 7. The molecular weight excluding hydrogens is 310 g/mol. The maximum atomic E-state index is 11.9. The van der Waals surface area contributed by atoms with Crippen molar-refractivity contribution in [1.82, 2.24) is 5.32 Å². The molecule has 9 heteroatoms. The fraction of sp³-hybridized carbons (Fsp3) is 0.692. The van der Waals surface area contributed by atoms with E-state index in [1.54, 1.807) is 0 Å². The third-order valence-corrected chi connectivity index (χ3v) is 5.99. The van der Waals surface area contributed by atoms with E-state index in [1.165, 1.54) is 35.2 Å². The summed E-state index contributed by atoms with van der Waals surface area (Å²) in [6, 6.07) is 0. The van der Waals surface area contributed by atoms with Crippen molar-refractivity contribution in [2.75, 3.05) is 21.3 Å². The van der Waals surface area contributed by atoms with Gasteiger partial charge in [-0.1, -0.05) is 13.5 Å².